The monoisotopic (exact) mass is 817 g/mol. The number of nitrogens with one attached hydrogen (secondary N) is 2. The number of aromatic hydroxyl groups is 1. The highest BCUT2D eigenvalue weighted by Gasteiger charge is 2.45. The Hall–Kier alpha value is -6.06. The third kappa shape index (κ3) is 9.00. The summed E-state index contributed by atoms with van der Waals surface area (Å²) in [4.78, 5) is 53.2. The summed E-state index contributed by atoms with van der Waals surface area (Å²) in [6.07, 6.45) is -0.790. The van der Waals surface area contributed by atoms with E-state index in [0.29, 0.717) is 48.8 Å². The van der Waals surface area contributed by atoms with E-state index >= 15 is 0 Å². The predicted octanol–water partition coefficient (Wildman–Crippen LogP) is 5.17. The fraction of sp³-hybridized carbons (Fsp3) is 0.364. The highest BCUT2D eigenvalue weighted by atomic mass is 32.1. The quantitative estimate of drug-likeness (QED) is 0.125. The van der Waals surface area contributed by atoms with E-state index in [1.807, 2.05) is 94.7 Å². The van der Waals surface area contributed by atoms with Crippen molar-refractivity contribution in [1.29, 1.82) is 0 Å². The lowest BCUT2D eigenvalue weighted by Gasteiger charge is -2.38. The van der Waals surface area contributed by atoms with Gasteiger partial charge in [-0.2, -0.15) is 0 Å². The van der Waals surface area contributed by atoms with Crippen molar-refractivity contribution >= 4 is 46.3 Å². The van der Waals surface area contributed by atoms with Gasteiger partial charge in [0, 0.05) is 56.0 Å². The van der Waals surface area contributed by atoms with Crippen LogP contribution in [-0.2, 0) is 9.59 Å². The number of carbonyl (C=O) groups excluding carboxylic acids is 3. The molecule has 6 N–H and O–H groups in total. The van der Waals surface area contributed by atoms with Crippen LogP contribution in [0.4, 0.5) is 17.2 Å². The van der Waals surface area contributed by atoms with Crippen LogP contribution < -0.4 is 26.2 Å². The maximum absolute atomic E-state index is 14.3. The van der Waals surface area contributed by atoms with Crippen LogP contribution in [-0.4, -0.2) is 98.9 Å². The Balaban J connectivity index is 0.996. The third-order valence-corrected chi connectivity index (χ3v) is 12.1. The normalized spacial score (nSPS) is 18.0. The highest BCUT2D eigenvalue weighted by Crippen LogP contribution is 2.33. The smallest absolute Gasteiger partial charge is 0.252 e. The van der Waals surface area contributed by atoms with Crippen molar-refractivity contribution in [2.24, 2.45) is 5.41 Å². The first-order valence-corrected chi connectivity index (χ1v) is 20.7. The van der Waals surface area contributed by atoms with Crippen LogP contribution in [0.1, 0.15) is 61.8 Å². The number of amides is 3. The fourth-order valence-electron chi connectivity index (χ4n) is 7.75. The molecule has 0 spiro atoms. The second-order valence-corrected chi connectivity index (χ2v) is 17.2. The van der Waals surface area contributed by atoms with E-state index in [2.05, 4.69) is 35.6 Å². The number of carbonyl (C=O) groups is 3. The summed E-state index contributed by atoms with van der Waals surface area (Å²) >= 11 is 1.58. The molecule has 3 aromatic carbocycles. The summed E-state index contributed by atoms with van der Waals surface area (Å²) in [5, 5.41) is 35.5. The number of hydrogen-bond acceptors (Lipinski definition) is 12. The lowest BCUT2D eigenvalue weighted by atomic mass is 9.85. The SMILES string of the molecule is Cc1ncsc1-c1ccc([C@H](C)NC(=O)[C@@H]2C[C@@H](O)CN2C(=O)C(NC(=O)c2cccc(N3CCN(c4cc(-c5ccccc5O)nnc4N)CC3)c2)C(C)(C)C)cc1. The molecular weight excluding hydrogens is 767 g/mol. The highest BCUT2D eigenvalue weighted by molar-refractivity contribution is 7.13. The standard InChI is InChI=1S/C44H51N9O5S/c1-26(28-13-15-29(16-14-28)38-27(2)46-25-59-38)47-42(57)36-22-32(54)24-53(36)43(58)39(44(3,4)5)48-41(56)30-9-8-10-31(21-30)51-17-19-52(20-18-51)35-23-34(49-50-40(35)45)33-11-6-7-12-37(33)55/h6-16,21,23,25-26,32,36,39,54-55H,17-20,22,24H2,1-5H3,(H2,45,50)(H,47,57)(H,48,56)/t26-,32+,36-,39?/m0/s1. The van der Waals surface area contributed by atoms with E-state index in [1.165, 1.54) is 4.90 Å². The molecule has 2 saturated heterocycles. The average Bonchev–Trinajstić information content (AvgIpc) is 3.85. The number of phenolic OH excluding ortho intramolecular Hbond substituents is 1. The average molecular weight is 818 g/mol. The number of nitrogens with zero attached hydrogens (tertiary/aromatic N) is 6. The Kier molecular flexibility index (Phi) is 11.9. The molecule has 14 nitrogen and oxygen atoms in total. The molecule has 0 aliphatic carbocycles. The van der Waals surface area contributed by atoms with Gasteiger partial charge in [0.15, 0.2) is 5.82 Å². The molecule has 0 saturated carbocycles. The second-order valence-electron chi connectivity index (χ2n) is 16.3. The van der Waals surface area contributed by atoms with Crippen LogP contribution in [0.5, 0.6) is 5.75 Å². The Bertz CT molecular complexity index is 2320. The molecule has 15 heteroatoms. The fourth-order valence-corrected chi connectivity index (χ4v) is 8.56. The van der Waals surface area contributed by atoms with Gasteiger partial charge in [-0.1, -0.05) is 63.2 Å². The molecule has 1 unspecified atom stereocenters. The summed E-state index contributed by atoms with van der Waals surface area (Å²) in [5.74, 6) is -0.805. The molecule has 3 amide bonds. The number of nitrogen functional groups attached to an aromatic ring is 1. The molecule has 2 aliphatic heterocycles. The number of aryl methyl sites for hydroxylation is 1. The molecule has 2 aromatic heterocycles. The maximum Gasteiger partial charge on any atom is 0.252 e. The molecule has 2 aliphatic rings. The van der Waals surface area contributed by atoms with Crippen molar-refractivity contribution in [2.45, 2.75) is 65.3 Å². The van der Waals surface area contributed by atoms with Gasteiger partial charge in [-0.3, -0.25) is 14.4 Å². The molecule has 4 atom stereocenters. The molecule has 0 radical (unpaired) electrons. The van der Waals surface area contributed by atoms with E-state index in [9.17, 15) is 24.6 Å². The first kappa shape index (κ1) is 41.1. The number of likely N-dealkylation sites (tertiary alicyclic amines) is 1. The number of aromatic nitrogens is 3. The lowest BCUT2D eigenvalue weighted by Crippen LogP contribution is -2.57. The number of aliphatic hydroxyl groups excluding tert-OH is 1. The zero-order valence-electron chi connectivity index (χ0n) is 33.9. The Morgan fingerprint density at radius 1 is 0.915 bits per heavy atom. The number of piperazine rings is 1. The number of β-amino-alcohol motifs (C(OH)–C–C–N with tert-alkyl or cyclic N) is 1. The molecule has 7 rings (SSSR count). The lowest BCUT2D eigenvalue weighted by molar-refractivity contribution is -0.142. The van der Waals surface area contributed by atoms with Crippen molar-refractivity contribution in [1.82, 2.24) is 30.7 Å². The van der Waals surface area contributed by atoms with Gasteiger partial charge in [-0.05, 0) is 66.8 Å². The van der Waals surface area contributed by atoms with Gasteiger partial charge in [-0.15, -0.1) is 21.5 Å². The molecular formula is C44H51N9O5S. The number of nitrogens with two attached hydrogens (primary N) is 1. The molecule has 4 heterocycles. The van der Waals surface area contributed by atoms with E-state index in [4.69, 9.17) is 5.73 Å². The minimum Gasteiger partial charge on any atom is -0.507 e. The zero-order chi connectivity index (χ0) is 42.0. The Labute approximate surface area is 348 Å². The summed E-state index contributed by atoms with van der Waals surface area (Å²) < 4.78 is 0. The molecule has 5 aromatic rings. The van der Waals surface area contributed by atoms with Gasteiger partial charge in [-0.25, -0.2) is 4.98 Å². The van der Waals surface area contributed by atoms with Crippen LogP contribution in [0.15, 0.2) is 84.4 Å². The van der Waals surface area contributed by atoms with E-state index in [1.54, 1.807) is 35.6 Å². The van der Waals surface area contributed by atoms with Gasteiger partial charge in [0.25, 0.3) is 5.91 Å². The van der Waals surface area contributed by atoms with Crippen LogP contribution in [0.3, 0.4) is 0 Å². The maximum atomic E-state index is 14.3. The van der Waals surface area contributed by atoms with Crippen LogP contribution >= 0.6 is 11.3 Å². The zero-order valence-corrected chi connectivity index (χ0v) is 34.7. The predicted molar refractivity (Wildman–Crippen MR) is 230 cm³/mol. The van der Waals surface area contributed by atoms with Gasteiger partial charge >= 0.3 is 0 Å². The number of benzene rings is 3. The minimum absolute atomic E-state index is 0.0185. The molecule has 2 fully saturated rings. The van der Waals surface area contributed by atoms with E-state index in [-0.39, 0.29) is 30.7 Å². The Morgan fingerprint density at radius 2 is 1.63 bits per heavy atom. The second kappa shape index (κ2) is 17.0. The van der Waals surface area contributed by atoms with Crippen molar-refractivity contribution in [3.63, 3.8) is 0 Å². The number of thiazole rings is 1. The van der Waals surface area contributed by atoms with Crippen molar-refractivity contribution in [3.8, 4) is 27.4 Å². The number of rotatable bonds is 10. The third-order valence-electron chi connectivity index (χ3n) is 11.1. The van der Waals surface area contributed by atoms with E-state index in [0.717, 1.165) is 33.1 Å². The number of anilines is 3. The molecule has 59 heavy (non-hydrogen) atoms. The van der Waals surface area contributed by atoms with Gasteiger partial charge in [0.05, 0.1) is 39.6 Å². The van der Waals surface area contributed by atoms with Crippen molar-refractivity contribution in [2.75, 3.05) is 48.3 Å². The first-order chi connectivity index (χ1) is 28.2. The van der Waals surface area contributed by atoms with Gasteiger partial charge in [0.1, 0.15) is 17.8 Å². The number of aliphatic hydroxyl groups is 1. The first-order valence-electron chi connectivity index (χ1n) is 19.8. The van der Waals surface area contributed by atoms with Gasteiger partial charge in [0.2, 0.25) is 11.8 Å². The van der Waals surface area contributed by atoms with Crippen LogP contribution in [0.2, 0.25) is 0 Å². The topological polar surface area (TPSA) is 190 Å². The molecule has 308 valence electrons. The van der Waals surface area contributed by atoms with Crippen LogP contribution in [0.25, 0.3) is 21.7 Å². The van der Waals surface area contributed by atoms with Crippen molar-refractivity contribution in [3.05, 3.63) is 101 Å². The number of hydrogen-bond donors (Lipinski definition) is 5. The van der Waals surface area contributed by atoms with Crippen LogP contribution in [0, 0.1) is 12.3 Å². The van der Waals surface area contributed by atoms with E-state index < -0.39 is 35.4 Å². The molecule has 0 bridgehead atoms. The van der Waals surface area contributed by atoms with Crippen molar-refractivity contribution < 1.29 is 24.6 Å². The summed E-state index contributed by atoms with van der Waals surface area (Å²) in [7, 11) is 0. The summed E-state index contributed by atoms with van der Waals surface area (Å²) in [6.45, 7) is 12.0. The largest absolute Gasteiger partial charge is 0.507 e. The van der Waals surface area contributed by atoms with Gasteiger partial charge < -0.3 is 41.3 Å². The number of phenols is 1. The Morgan fingerprint density at radius 3 is 2.31 bits per heavy atom. The number of para-hydroxylation sites is 1. The summed E-state index contributed by atoms with van der Waals surface area (Å²) in [6, 6.07) is 21.8. The minimum atomic E-state index is -0.981. The summed E-state index contributed by atoms with van der Waals surface area (Å²) in [5.41, 5.74) is 13.4.